The molecule has 0 aliphatic carbocycles. The topological polar surface area (TPSA) is 55.1 Å². The summed E-state index contributed by atoms with van der Waals surface area (Å²) in [5.74, 6) is -1.47. The summed E-state index contributed by atoms with van der Waals surface area (Å²) in [6.45, 7) is 0. The summed E-state index contributed by atoms with van der Waals surface area (Å²) < 4.78 is 39.5. The first-order valence-electron chi connectivity index (χ1n) is 4.99. The van der Waals surface area contributed by atoms with E-state index in [2.05, 4.69) is 14.5 Å². The van der Waals surface area contributed by atoms with Crippen molar-refractivity contribution in [2.24, 2.45) is 0 Å². The third-order valence-electron chi connectivity index (χ3n) is 1.92. The second-order valence-corrected chi connectivity index (χ2v) is 3.83. The van der Waals surface area contributed by atoms with Crippen LogP contribution in [0.1, 0.15) is 16.1 Å². The van der Waals surface area contributed by atoms with Gasteiger partial charge in [-0.3, -0.25) is 9.63 Å². The molecule has 0 radical (unpaired) electrons. The minimum absolute atomic E-state index is 0.623. The molecule has 0 amide bonds. The Kier molecular flexibility index (Phi) is 5.84. The highest BCUT2D eigenvalue weighted by atomic mass is 35.5. The van der Waals surface area contributed by atoms with Crippen LogP contribution in [0.3, 0.4) is 0 Å². The van der Waals surface area contributed by atoms with Crippen LogP contribution in [0.4, 0.5) is 18.9 Å². The average molecular weight is 327 g/mol. The van der Waals surface area contributed by atoms with Gasteiger partial charge in [0.15, 0.2) is 0 Å². The van der Waals surface area contributed by atoms with Crippen molar-refractivity contribution >= 4 is 34.3 Å². The lowest BCUT2D eigenvalue weighted by atomic mass is 10.3. The number of hydrogen-bond donors (Lipinski definition) is 1. The van der Waals surface area contributed by atoms with Gasteiger partial charge in [-0.05, 0) is 23.7 Å². The van der Waals surface area contributed by atoms with Crippen LogP contribution in [0.15, 0.2) is 41.1 Å². The monoisotopic (exact) mass is 326 g/mol. The highest BCUT2D eigenvalue weighted by molar-refractivity contribution is 6.67. The summed E-state index contributed by atoms with van der Waals surface area (Å²) in [5, 5.41) is 1.56. The maximum absolute atomic E-state index is 11.9. The van der Waals surface area contributed by atoms with E-state index in [-0.39, 0.29) is 0 Å². The van der Waals surface area contributed by atoms with Crippen LogP contribution in [0, 0.1) is 0 Å². The number of carbonyl (C=O) groups excluding carboxylic acids is 1. The SMILES string of the molecule is ClNc1ccccc1.O=C(Cl)c1cnoc1C(F)(F)F. The zero-order valence-corrected chi connectivity index (χ0v) is 11.1. The lowest BCUT2D eigenvalue weighted by molar-refractivity contribution is -0.155. The highest BCUT2D eigenvalue weighted by Gasteiger charge is 2.40. The van der Waals surface area contributed by atoms with E-state index in [1.54, 1.807) is 0 Å². The molecule has 1 heterocycles. The van der Waals surface area contributed by atoms with Crippen LogP contribution >= 0.6 is 23.4 Å². The van der Waals surface area contributed by atoms with Crippen LogP contribution < -0.4 is 4.84 Å². The van der Waals surface area contributed by atoms with Gasteiger partial charge < -0.3 is 4.52 Å². The van der Waals surface area contributed by atoms with Crippen LogP contribution in [0.25, 0.3) is 0 Å². The Morgan fingerprint density at radius 2 is 1.85 bits per heavy atom. The second kappa shape index (κ2) is 7.16. The zero-order chi connectivity index (χ0) is 15.2. The lowest BCUT2D eigenvalue weighted by Gasteiger charge is -2.00. The predicted octanol–water partition coefficient (Wildman–Crippen LogP) is 4.32. The van der Waals surface area contributed by atoms with Gasteiger partial charge in [-0.25, -0.2) is 0 Å². The number of anilines is 1. The number of nitrogens with one attached hydrogen (secondary N) is 1. The molecule has 4 nitrogen and oxygen atoms in total. The van der Waals surface area contributed by atoms with Crippen LogP contribution in [-0.4, -0.2) is 10.4 Å². The maximum Gasteiger partial charge on any atom is 0.453 e. The number of aromatic nitrogens is 1. The van der Waals surface area contributed by atoms with Gasteiger partial charge in [-0.1, -0.05) is 23.4 Å². The Morgan fingerprint density at radius 1 is 1.25 bits per heavy atom. The number of hydrogen-bond acceptors (Lipinski definition) is 4. The first-order valence-corrected chi connectivity index (χ1v) is 5.75. The van der Waals surface area contributed by atoms with Crippen molar-refractivity contribution in [2.75, 3.05) is 4.84 Å². The molecule has 0 saturated carbocycles. The fourth-order valence-electron chi connectivity index (χ4n) is 1.09. The fourth-order valence-corrected chi connectivity index (χ4v) is 1.35. The van der Waals surface area contributed by atoms with Gasteiger partial charge in [0.1, 0.15) is 5.56 Å². The molecule has 0 bridgehead atoms. The molecule has 9 heteroatoms. The van der Waals surface area contributed by atoms with Crippen molar-refractivity contribution in [1.29, 1.82) is 0 Å². The van der Waals surface area contributed by atoms with E-state index < -0.39 is 22.7 Å². The summed E-state index contributed by atoms with van der Waals surface area (Å²) in [4.78, 5) is 12.8. The van der Waals surface area contributed by atoms with Gasteiger partial charge in [-0.15, -0.1) is 0 Å². The van der Waals surface area contributed by atoms with E-state index in [1.807, 2.05) is 30.3 Å². The van der Waals surface area contributed by atoms with E-state index in [0.29, 0.717) is 6.20 Å². The molecule has 20 heavy (non-hydrogen) atoms. The first-order chi connectivity index (χ1) is 9.36. The molecule has 0 aliphatic heterocycles. The average Bonchev–Trinajstić information content (AvgIpc) is 2.90. The molecule has 0 fully saturated rings. The van der Waals surface area contributed by atoms with E-state index in [1.165, 1.54) is 0 Å². The van der Waals surface area contributed by atoms with Crippen molar-refractivity contribution in [2.45, 2.75) is 6.18 Å². The number of nitrogens with zero attached hydrogens (tertiary/aromatic N) is 1. The highest BCUT2D eigenvalue weighted by Crippen LogP contribution is 2.32. The molecule has 1 N–H and O–H groups in total. The van der Waals surface area contributed by atoms with Crippen LogP contribution in [-0.2, 0) is 6.18 Å². The number of halogens is 5. The number of alkyl halides is 3. The van der Waals surface area contributed by atoms with Gasteiger partial charge in [0, 0.05) is 17.5 Å². The molecule has 0 spiro atoms. The Labute approximate surface area is 121 Å². The molecule has 0 aliphatic rings. The third kappa shape index (κ3) is 4.75. The van der Waals surface area contributed by atoms with Crippen molar-refractivity contribution < 1.29 is 22.5 Å². The summed E-state index contributed by atoms with van der Waals surface area (Å²) in [5.41, 5.74) is 0.151. The first kappa shape index (κ1) is 16.3. The Hall–Kier alpha value is -1.73. The molecule has 108 valence electrons. The van der Waals surface area contributed by atoms with E-state index >= 15 is 0 Å². The lowest BCUT2D eigenvalue weighted by Crippen LogP contribution is -2.07. The zero-order valence-electron chi connectivity index (χ0n) is 9.62. The largest absolute Gasteiger partial charge is 0.453 e. The van der Waals surface area contributed by atoms with Gasteiger partial charge in [-0.2, -0.15) is 13.2 Å². The Morgan fingerprint density at radius 3 is 2.20 bits per heavy atom. The van der Waals surface area contributed by atoms with Crippen molar-refractivity contribution in [1.82, 2.24) is 5.16 Å². The minimum atomic E-state index is -4.74. The molecule has 0 atom stereocenters. The molecule has 0 saturated heterocycles. The summed E-state index contributed by atoms with van der Waals surface area (Å²) in [7, 11) is 0. The predicted molar refractivity (Wildman–Crippen MR) is 67.6 cm³/mol. The quantitative estimate of drug-likeness (QED) is 0.659. The van der Waals surface area contributed by atoms with E-state index in [4.69, 9.17) is 23.4 Å². The molecule has 2 rings (SSSR count). The maximum atomic E-state index is 11.9. The summed E-state index contributed by atoms with van der Waals surface area (Å²) >= 11 is 10.1. The second-order valence-electron chi connectivity index (χ2n) is 3.30. The number of rotatable bonds is 2. The number of para-hydroxylation sites is 1. The van der Waals surface area contributed by atoms with E-state index in [0.717, 1.165) is 5.69 Å². The smallest absolute Gasteiger partial charge is 0.351 e. The fraction of sp³-hybridized carbons (Fsp3) is 0.0909. The Balaban J connectivity index is 0.000000217. The molecule has 1 aromatic heterocycles. The third-order valence-corrected chi connectivity index (χ3v) is 2.34. The molecule has 1 aromatic carbocycles. The van der Waals surface area contributed by atoms with Crippen molar-refractivity contribution in [3.05, 3.63) is 47.9 Å². The van der Waals surface area contributed by atoms with Gasteiger partial charge >= 0.3 is 6.18 Å². The van der Waals surface area contributed by atoms with Gasteiger partial charge in [0.25, 0.3) is 11.0 Å². The standard InChI is InChI=1S/C6H6ClN.C5HClF3NO2/c7-8-6-4-2-1-3-5-6;6-4(11)2-1-10-12-3(2)5(7,8)9/h1-5,8H;1H. The number of carbonyl (C=O) groups is 1. The normalized spacial score (nSPS) is 10.4. The number of benzene rings is 1. The molecule has 0 unspecified atom stereocenters. The van der Waals surface area contributed by atoms with Gasteiger partial charge in [0.05, 0.1) is 6.20 Å². The van der Waals surface area contributed by atoms with Crippen molar-refractivity contribution in [3.63, 3.8) is 0 Å². The summed E-state index contributed by atoms with van der Waals surface area (Å²) in [6.07, 6.45) is -4.12. The van der Waals surface area contributed by atoms with Crippen LogP contribution in [0.2, 0.25) is 0 Å². The summed E-state index contributed by atoms with van der Waals surface area (Å²) in [6, 6.07) is 9.58. The molecular formula is C11H7Cl2F3N2O2. The van der Waals surface area contributed by atoms with Crippen molar-refractivity contribution in [3.8, 4) is 0 Å². The van der Waals surface area contributed by atoms with E-state index in [9.17, 15) is 18.0 Å². The van der Waals surface area contributed by atoms with Gasteiger partial charge in [0.2, 0.25) is 0 Å². The van der Waals surface area contributed by atoms with Crippen LogP contribution in [0.5, 0.6) is 0 Å². The Bertz CT molecular complexity index is 558. The molecular weight excluding hydrogens is 320 g/mol. The minimum Gasteiger partial charge on any atom is -0.351 e. The molecule has 2 aromatic rings.